The predicted octanol–water partition coefficient (Wildman–Crippen LogP) is 6.04. The number of aromatic amines is 1. The third-order valence-corrected chi connectivity index (χ3v) is 8.87. The number of fused-ring (bicyclic) bond motifs is 1. The van der Waals surface area contributed by atoms with Gasteiger partial charge in [0.25, 0.3) is 0 Å². The zero-order valence-electron chi connectivity index (χ0n) is 17.1. The number of nitrogens with two attached hydrogens (primary N) is 1. The summed E-state index contributed by atoms with van der Waals surface area (Å²) in [7, 11) is 0. The fraction of sp³-hybridized carbons (Fsp3) is 0.560. The molecule has 0 saturated heterocycles. The molecular formula is C25H31N3S. The van der Waals surface area contributed by atoms with Gasteiger partial charge in [0, 0.05) is 22.5 Å². The first-order valence-corrected chi connectivity index (χ1v) is 12.4. The number of nitrogens with zero attached hydrogens (tertiary/aromatic N) is 1. The fourth-order valence-corrected chi connectivity index (χ4v) is 7.94. The van der Waals surface area contributed by atoms with E-state index in [1.54, 1.807) is 16.9 Å². The molecule has 4 aliphatic rings. The third kappa shape index (κ3) is 2.98. The highest BCUT2D eigenvalue weighted by atomic mass is 32.1. The van der Waals surface area contributed by atoms with E-state index in [1.807, 2.05) is 6.20 Å². The Morgan fingerprint density at radius 3 is 2.48 bits per heavy atom. The Hall–Kier alpha value is -1.65. The third-order valence-electron chi connectivity index (χ3n) is 8.08. The van der Waals surface area contributed by atoms with E-state index in [0.29, 0.717) is 5.41 Å². The number of aryl methyl sites for hydroxylation is 1. The number of unbranched alkanes of at least 4 members (excludes halogenated alkanes) is 1. The van der Waals surface area contributed by atoms with Crippen LogP contribution in [0.1, 0.15) is 62.5 Å². The van der Waals surface area contributed by atoms with E-state index in [1.165, 1.54) is 60.7 Å². The predicted molar refractivity (Wildman–Crippen MR) is 121 cm³/mol. The van der Waals surface area contributed by atoms with Crippen LogP contribution in [0.15, 0.2) is 29.8 Å². The van der Waals surface area contributed by atoms with Gasteiger partial charge in [0.15, 0.2) is 0 Å². The standard InChI is InChI=1S/C25H31N3S/c26-6-2-1-3-20-21-12-19(4-5-22(21)28-23(20)24-27-7-8-29-24)25-13-16-9-17(14-25)11-18(10-16)15-25/h4-5,7-8,12,16-18,28H,1-3,6,9-11,13-15,26H2. The second kappa shape index (κ2) is 6.95. The molecule has 2 aromatic heterocycles. The van der Waals surface area contributed by atoms with Crippen molar-refractivity contribution in [2.24, 2.45) is 23.5 Å². The van der Waals surface area contributed by atoms with Gasteiger partial charge in [-0.3, -0.25) is 0 Å². The normalized spacial score (nSPS) is 30.4. The van der Waals surface area contributed by atoms with Crippen LogP contribution in [0.2, 0.25) is 0 Å². The first kappa shape index (κ1) is 18.1. The number of thiazole rings is 1. The van der Waals surface area contributed by atoms with Crippen LogP contribution in [0.3, 0.4) is 0 Å². The van der Waals surface area contributed by atoms with Gasteiger partial charge in [0.05, 0.1) is 5.69 Å². The lowest BCUT2D eigenvalue weighted by Crippen LogP contribution is -2.48. The molecule has 29 heavy (non-hydrogen) atoms. The maximum absolute atomic E-state index is 5.79. The highest BCUT2D eigenvalue weighted by Gasteiger charge is 2.51. The van der Waals surface area contributed by atoms with Crippen molar-refractivity contribution < 1.29 is 0 Å². The lowest BCUT2D eigenvalue weighted by Gasteiger charge is -2.57. The molecule has 0 unspecified atom stereocenters. The molecule has 3 nitrogen and oxygen atoms in total. The lowest BCUT2D eigenvalue weighted by molar-refractivity contribution is -0.00513. The van der Waals surface area contributed by atoms with Crippen molar-refractivity contribution in [1.29, 1.82) is 0 Å². The maximum atomic E-state index is 5.79. The molecule has 1 aromatic carbocycles. The van der Waals surface area contributed by atoms with Crippen LogP contribution in [0, 0.1) is 17.8 Å². The minimum Gasteiger partial charge on any atom is -0.352 e. The smallest absolute Gasteiger partial charge is 0.139 e. The average Bonchev–Trinajstić information content (AvgIpc) is 3.35. The molecule has 4 fully saturated rings. The van der Waals surface area contributed by atoms with E-state index in [0.717, 1.165) is 48.6 Å². The molecule has 4 heteroatoms. The van der Waals surface area contributed by atoms with Crippen LogP contribution in [0.5, 0.6) is 0 Å². The van der Waals surface area contributed by atoms with Crippen LogP contribution in [-0.2, 0) is 11.8 Å². The van der Waals surface area contributed by atoms with Crippen molar-refractivity contribution in [2.75, 3.05) is 6.54 Å². The van der Waals surface area contributed by atoms with E-state index >= 15 is 0 Å². The van der Waals surface area contributed by atoms with Gasteiger partial charge in [-0.2, -0.15) is 0 Å². The van der Waals surface area contributed by atoms with Crippen LogP contribution in [0.25, 0.3) is 21.6 Å². The lowest BCUT2D eigenvalue weighted by atomic mass is 9.48. The second-order valence-electron chi connectivity index (χ2n) is 10.0. The molecule has 152 valence electrons. The Morgan fingerprint density at radius 2 is 1.83 bits per heavy atom. The van der Waals surface area contributed by atoms with Crippen molar-refractivity contribution in [3.8, 4) is 10.7 Å². The molecule has 3 N–H and O–H groups in total. The van der Waals surface area contributed by atoms with Crippen LogP contribution >= 0.6 is 11.3 Å². The van der Waals surface area contributed by atoms with Crippen molar-refractivity contribution >= 4 is 22.2 Å². The zero-order valence-corrected chi connectivity index (χ0v) is 17.9. The van der Waals surface area contributed by atoms with Crippen LogP contribution in [-0.4, -0.2) is 16.5 Å². The number of benzene rings is 1. The van der Waals surface area contributed by atoms with Crippen LogP contribution in [0.4, 0.5) is 0 Å². The summed E-state index contributed by atoms with van der Waals surface area (Å²) in [5.74, 6) is 2.95. The minimum atomic E-state index is 0.454. The average molecular weight is 406 g/mol. The first-order chi connectivity index (χ1) is 14.2. The largest absolute Gasteiger partial charge is 0.352 e. The summed E-state index contributed by atoms with van der Waals surface area (Å²) in [6.07, 6.45) is 14.0. The molecular weight excluding hydrogens is 374 g/mol. The molecule has 0 spiro atoms. The number of hydrogen-bond donors (Lipinski definition) is 2. The van der Waals surface area contributed by atoms with Gasteiger partial charge in [-0.25, -0.2) is 4.98 Å². The van der Waals surface area contributed by atoms with E-state index in [-0.39, 0.29) is 0 Å². The zero-order chi connectivity index (χ0) is 19.4. The maximum Gasteiger partial charge on any atom is 0.139 e. The highest BCUT2D eigenvalue weighted by Crippen LogP contribution is 2.61. The molecule has 7 rings (SSSR count). The van der Waals surface area contributed by atoms with Gasteiger partial charge in [-0.15, -0.1) is 11.3 Å². The summed E-state index contributed by atoms with van der Waals surface area (Å²) in [5, 5.41) is 4.62. The molecule has 2 heterocycles. The Labute approximate surface area is 177 Å². The Kier molecular flexibility index (Phi) is 4.35. The number of hydrogen-bond acceptors (Lipinski definition) is 3. The summed E-state index contributed by atoms with van der Waals surface area (Å²) in [4.78, 5) is 8.32. The number of H-pyrrole nitrogens is 1. The van der Waals surface area contributed by atoms with Crippen molar-refractivity contribution in [3.05, 3.63) is 40.9 Å². The van der Waals surface area contributed by atoms with Gasteiger partial charge in [0.2, 0.25) is 0 Å². The fourth-order valence-electron chi connectivity index (χ4n) is 7.28. The van der Waals surface area contributed by atoms with Crippen molar-refractivity contribution in [1.82, 2.24) is 9.97 Å². The monoisotopic (exact) mass is 405 g/mol. The molecule has 0 aliphatic heterocycles. The molecule has 0 amide bonds. The van der Waals surface area contributed by atoms with Gasteiger partial charge in [-0.1, -0.05) is 6.07 Å². The summed E-state index contributed by atoms with van der Waals surface area (Å²) >= 11 is 1.73. The van der Waals surface area contributed by atoms with Crippen LogP contribution < -0.4 is 5.73 Å². The summed E-state index contributed by atoms with van der Waals surface area (Å²) < 4.78 is 0. The summed E-state index contributed by atoms with van der Waals surface area (Å²) in [6, 6.07) is 7.36. The van der Waals surface area contributed by atoms with Crippen molar-refractivity contribution in [3.63, 3.8) is 0 Å². The Balaban J connectivity index is 1.44. The SMILES string of the molecule is NCCCCc1c(-c2nccs2)[nH]c2ccc(C34CC5CC(CC(C5)C3)C4)cc12. The van der Waals surface area contributed by atoms with E-state index in [9.17, 15) is 0 Å². The van der Waals surface area contributed by atoms with E-state index < -0.39 is 0 Å². The van der Waals surface area contributed by atoms with Crippen molar-refractivity contribution in [2.45, 2.75) is 63.2 Å². The number of rotatable bonds is 6. The Morgan fingerprint density at radius 1 is 1.07 bits per heavy atom. The van der Waals surface area contributed by atoms with E-state index in [4.69, 9.17) is 5.73 Å². The van der Waals surface area contributed by atoms with Gasteiger partial charge in [0.1, 0.15) is 5.01 Å². The van der Waals surface area contributed by atoms with Gasteiger partial charge < -0.3 is 10.7 Å². The summed E-state index contributed by atoms with van der Waals surface area (Å²) in [5.41, 5.74) is 11.8. The first-order valence-electron chi connectivity index (χ1n) is 11.5. The second-order valence-corrected chi connectivity index (χ2v) is 10.9. The highest BCUT2D eigenvalue weighted by molar-refractivity contribution is 7.13. The van der Waals surface area contributed by atoms with Gasteiger partial charge in [-0.05, 0) is 111 Å². The number of nitrogens with one attached hydrogen (secondary N) is 1. The van der Waals surface area contributed by atoms with E-state index in [2.05, 4.69) is 33.5 Å². The summed E-state index contributed by atoms with van der Waals surface area (Å²) in [6.45, 7) is 0.771. The molecule has 4 aliphatic carbocycles. The molecule has 4 saturated carbocycles. The minimum absolute atomic E-state index is 0.454. The molecule has 0 atom stereocenters. The quantitative estimate of drug-likeness (QED) is 0.491. The molecule has 4 bridgehead atoms. The molecule has 3 aromatic rings. The van der Waals surface area contributed by atoms with Gasteiger partial charge >= 0.3 is 0 Å². The Bertz CT molecular complexity index is 981. The molecule has 0 radical (unpaired) electrons. The number of aromatic nitrogens is 2. The topological polar surface area (TPSA) is 54.7 Å².